The molecule has 2 aromatic rings. The van der Waals surface area contributed by atoms with E-state index in [-0.39, 0.29) is 10.8 Å². The second kappa shape index (κ2) is 9.38. The van der Waals surface area contributed by atoms with Crippen molar-refractivity contribution in [3.8, 4) is 0 Å². The van der Waals surface area contributed by atoms with Crippen LogP contribution in [0.3, 0.4) is 0 Å². The molecule has 2 heterocycles. The van der Waals surface area contributed by atoms with Gasteiger partial charge in [-0.25, -0.2) is 13.1 Å². The summed E-state index contributed by atoms with van der Waals surface area (Å²) in [6.07, 6.45) is 3.33. The van der Waals surface area contributed by atoms with Gasteiger partial charge < -0.3 is 20.4 Å². The number of hydrogen-bond donors (Lipinski definition) is 2. The zero-order valence-corrected chi connectivity index (χ0v) is 19.3. The molecule has 0 atom stereocenters. The molecule has 2 fully saturated rings. The first-order valence-electron chi connectivity index (χ1n) is 11.1. The predicted molar refractivity (Wildman–Crippen MR) is 128 cm³/mol. The molecule has 9 heteroatoms. The van der Waals surface area contributed by atoms with Gasteiger partial charge in [-0.15, -0.1) is 0 Å². The average Bonchev–Trinajstić information content (AvgIpc) is 2.84. The smallest absolute Gasteiger partial charge is 0.256 e. The van der Waals surface area contributed by atoms with Gasteiger partial charge in [-0.3, -0.25) is 4.79 Å². The number of piperazine rings is 1. The van der Waals surface area contributed by atoms with E-state index < -0.39 is 10.0 Å². The third kappa shape index (κ3) is 4.68. The van der Waals surface area contributed by atoms with Crippen LogP contribution in [0.4, 0.5) is 17.1 Å². The van der Waals surface area contributed by atoms with Crippen molar-refractivity contribution in [2.24, 2.45) is 0 Å². The molecule has 8 nitrogen and oxygen atoms in total. The average molecular weight is 458 g/mol. The quantitative estimate of drug-likeness (QED) is 0.668. The van der Waals surface area contributed by atoms with E-state index in [2.05, 4.69) is 14.5 Å². The van der Waals surface area contributed by atoms with E-state index in [9.17, 15) is 13.2 Å². The van der Waals surface area contributed by atoms with Crippen LogP contribution in [-0.2, 0) is 10.0 Å². The summed E-state index contributed by atoms with van der Waals surface area (Å²) in [6, 6.07) is 12.7. The van der Waals surface area contributed by atoms with Crippen LogP contribution < -0.4 is 20.3 Å². The van der Waals surface area contributed by atoms with E-state index in [1.807, 2.05) is 29.2 Å². The predicted octanol–water partition coefficient (Wildman–Crippen LogP) is 2.13. The van der Waals surface area contributed by atoms with E-state index in [0.717, 1.165) is 43.0 Å². The molecule has 32 heavy (non-hydrogen) atoms. The molecule has 2 saturated heterocycles. The van der Waals surface area contributed by atoms with Crippen molar-refractivity contribution in [3.63, 3.8) is 0 Å². The summed E-state index contributed by atoms with van der Waals surface area (Å²) in [6.45, 7) is 4.33. The summed E-state index contributed by atoms with van der Waals surface area (Å²) in [5.41, 5.74) is 8.89. The molecule has 2 aromatic carbocycles. The number of nitrogen functional groups attached to an aromatic ring is 1. The highest BCUT2D eigenvalue weighted by Gasteiger charge is 2.27. The van der Waals surface area contributed by atoms with Gasteiger partial charge in [-0.2, -0.15) is 0 Å². The normalized spacial score (nSPS) is 17.5. The maximum atomic E-state index is 13.6. The Morgan fingerprint density at radius 1 is 0.875 bits per heavy atom. The highest BCUT2D eigenvalue weighted by molar-refractivity contribution is 7.89. The third-order valence-electron chi connectivity index (χ3n) is 6.30. The van der Waals surface area contributed by atoms with E-state index >= 15 is 0 Å². The first-order valence-corrected chi connectivity index (χ1v) is 12.6. The molecule has 0 aromatic heterocycles. The minimum Gasteiger partial charge on any atom is -0.399 e. The Bertz CT molecular complexity index is 1060. The summed E-state index contributed by atoms with van der Waals surface area (Å²) >= 11 is 0. The fourth-order valence-electron chi connectivity index (χ4n) is 4.41. The first-order chi connectivity index (χ1) is 15.4. The lowest BCUT2D eigenvalue weighted by molar-refractivity contribution is 0.0747. The van der Waals surface area contributed by atoms with E-state index in [1.165, 1.54) is 19.5 Å². The molecule has 0 aliphatic carbocycles. The van der Waals surface area contributed by atoms with E-state index in [0.29, 0.717) is 31.7 Å². The molecule has 1 amide bonds. The van der Waals surface area contributed by atoms with E-state index in [4.69, 9.17) is 5.73 Å². The second-order valence-corrected chi connectivity index (χ2v) is 10.2. The van der Waals surface area contributed by atoms with Crippen LogP contribution in [-0.4, -0.2) is 65.5 Å². The van der Waals surface area contributed by atoms with Crippen molar-refractivity contribution < 1.29 is 13.2 Å². The molecule has 3 N–H and O–H groups in total. The Kier molecular flexibility index (Phi) is 6.57. The number of hydrogen-bond acceptors (Lipinski definition) is 6. The van der Waals surface area contributed by atoms with Gasteiger partial charge in [0.25, 0.3) is 5.91 Å². The number of nitrogens with one attached hydrogen (secondary N) is 1. The highest BCUT2D eigenvalue weighted by Crippen LogP contribution is 2.29. The van der Waals surface area contributed by atoms with Crippen LogP contribution >= 0.6 is 0 Å². The maximum Gasteiger partial charge on any atom is 0.256 e. The van der Waals surface area contributed by atoms with Crippen LogP contribution in [0.2, 0.25) is 0 Å². The Labute approximate surface area is 190 Å². The number of anilines is 3. The summed E-state index contributed by atoms with van der Waals surface area (Å²) in [4.78, 5) is 19.9. The number of amides is 1. The van der Waals surface area contributed by atoms with Crippen molar-refractivity contribution in [2.75, 3.05) is 61.8 Å². The monoisotopic (exact) mass is 457 g/mol. The van der Waals surface area contributed by atoms with Crippen molar-refractivity contribution in [1.82, 2.24) is 9.62 Å². The molecule has 0 unspecified atom stereocenters. The van der Waals surface area contributed by atoms with Crippen molar-refractivity contribution in [1.29, 1.82) is 0 Å². The Morgan fingerprint density at radius 2 is 1.53 bits per heavy atom. The molecule has 0 bridgehead atoms. The molecule has 172 valence electrons. The lowest BCUT2D eigenvalue weighted by atomic mass is 10.1. The molecule has 2 aliphatic rings. The summed E-state index contributed by atoms with van der Waals surface area (Å²) in [7, 11) is -2.26. The van der Waals surface area contributed by atoms with Crippen LogP contribution in [0.15, 0.2) is 47.4 Å². The molecule has 0 radical (unpaired) electrons. The van der Waals surface area contributed by atoms with Gasteiger partial charge in [0, 0.05) is 56.3 Å². The minimum atomic E-state index is -3.64. The minimum absolute atomic E-state index is 0.115. The molecule has 0 spiro atoms. The van der Waals surface area contributed by atoms with Crippen LogP contribution in [0.5, 0.6) is 0 Å². The SMILES string of the molecule is CNS(=O)(=O)c1ccc(N2CCCCC2)c(C(=O)N2CCN(c3ccc(N)cc3)CC2)c1. The third-order valence-corrected chi connectivity index (χ3v) is 7.71. The van der Waals surface area contributed by atoms with Gasteiger partial charge in [0.15, 0.2) is 0 Å². The van der Waals surface area contributed by atoms with Gasteiger partial charge >= 0.3 is 0 Å². The number of rotatable bonds is 5. The fraction of sp³-hybridized carbons (Fsp3) is 0.435. The largest absolute Gasteiger partial charge is 0.399 e. The number of benzene rings is 2. The lowest BCUT2D eigenvalue weighted by Gasteiger charge is -2.37. The van der Waals surface area contributed by atoms with Crippen LogP contribution in [0.1, 0.15) is 29.6 Å². The standard InChI is InChI=1S/C23H31N5O3S/c1-25-32(30,31)20-9-10-22(27-11-3-2-4-12-27)21(17-20)23(29)28-15-13-26(14-16-28)19-7-5-18(24)6-8-19/h5-10,17,25H,2-4,11-16,24H2,1H3. The summed E-state index contributed by atoms with van der Waals surface area (Å²) < 4.78 is 27.1. The number of carbonyl (C=O) groups is 1. The van der Waals surface area contributed by atoms with Crippen LogP contribution in [0.25, 0.3) is 0 Å². The molecule has 2 aliphatic heterocycles. The Hall–Kier alpha value is -2.78. The van der Waals surface area contributed by atoms with Gasteiger partial charge in [-0.1, -0.05) is 0 Å². The molecule has 4 rings (SSSR count). The fourth-order valence-corrected chi connectivity index (χ4v) is 5.16. The zero-order chi connectivity index (χ0) is 22.7. The van der Waals surface area contributed by atoms with Crippen molar-refractivity contribution in [2.45, 2.75) is 24.2 Å². The Balaban J connectivity index is 1.57. The first kappa shape index (κ1) is 22.4. The number of piperidine rings is 1. The second-order valence-electron chi connectivity index (χ2n) is 8.31. The molecular weight excluding hydrogens is 426 g/mol. The number of carbonyl (C=O) groups excluding carboxylic acids is 1. The molecular formula is C23H31N5O3S. The van der Waals surface area contributed by atoms with Gasteiger partial charge in [0.1, 0.15) is 0 Å². The zero-order valence-electron chi connectivity index (χ0n) is 18.5. The molecule has 0 saturated carbocycles. The topological polar surface area (TPSA) is 99.0 Å². The lowest BCUT2D eigenvalue weighted by Crippen LogP contribution is -2.49. The van der Waals surface area contributed by atoms with Gasteiger partial charge in [-0.05, 0) is 68.8 Å². The number of sulfonamides is 1. The highest BCUT2D eigenvalue weighted by atomic mass is 32.2. The van der Waals surface area contributed by atoms with Gasteiger partial charge in [0.05, 0.1) is 10.5 Å². The van der Waals surface area contributed by atoms with E-state index in [1.54, 1.807) is 12.1 Å². The summed E-state index contributed by atoms with van der Waals surface area (Å²) in [5.74, 6) is -0.115. The number of nitrogens with two attached hydrogens (primary N) is 1. The maximum absolute atomic E-state index is 13.6. The number of nitrogens with zero attached hydrogens (tertiary/aromatic N) is 3. The van der Waals surface area contributed by atoms with Crippen LogP contribution in [0, 0.1) is 0 Å². The summed E-state index contributed by atoms with van der Waals surface area (Å²) in [5, 5.41) is 0. The Morgan fingerprint density at radius 3 is 2.16 bits per heavy atom. The van der Waals surface area contributed by atoms with Crippen molar-refractivity contribution in [3.05, 3.63) is 48.0 Å². The van der Waals surface area contributed by atoms with Crippen molar-refractivity contribution >= 4 is 33.0 Å². The van der Waals surface area contributed by atoms with Gasteiger partial charge in [0.2, 0.25) is 10.0 Å².